The van der Waals surface area contributed by atoms with Crippen LogP contribution in [0.25, 0.3) is 0 Å². The molecule has 0 atom stereocenters. The van der Waals surface area contributed by atoms with E-state index in [-0.39, 0.29) is 5.91 Å². The van der Waals surface area contributed by atoms with Crippen LogP contribution in [-0.2, 0) is 17.8 Å². The van der Waals surface area contributed by atoms with Gasteiger partial charge in [0, 0.05) is 38.5 Å². The number of thiazole rings is 1. The highest BCUT2D eigenvalue weighted by molar-refractivity contribution is 7.09. The zero-order valence-electron chi connectivity index (χ0n) is 15.6. The van der Waals surface area contributed by atoms with E-state index in [2.05, 4.69) is 15.2 Å². The van der Waals surface area contributed by atoms with Crippen LogP contribution in [0.1, 0.15) is 16.6 Å². The van der Waals surface area contributed by atoms with Gasteiger partial charge >= 0.3 is 6.01 Å². The molecule has 0 spiro atoms. The van der Waals surface area contributed by atoms with Crippen LogP contribution in [0, 0.1) is 6.92 Å². The minimum absolute atomic E-state index is 0.0854. The number of aromatic nitrogens is 3. The van der Waals surface area contributed by atoms with Crippen molar-refractivity contribution in [3.63, 3.8) is 0 Å². The van der Waals surface area contributed by atoms with Crippen molar-refractivity contribution in [1.82, 2.24) is 20.1 Å². The van der Waals surface area contributed by atoms with Gasteiger partial charge in [-0.05, 0) is 12.1 Å². The van der Waals surface area contributed by atoms with Crippen molar-refractivity contribution in [3.8, 4) is 5.75 Å². The van der Waals surface area contributed by atoms with Crippen LogP contribution in [0.4, 0.5) is 6.01 Å². The molecule has 0 N–H and O–H groups in total. The van der Waals surface area contributed by atoms with E-state index >= 15 is 0 Å². The van der Waals surface area contributed by atoms with Crippen molar-refractivity contribution in [1.29, 1.82) is 0 Å². The zero-order valence-corrected chi connectivity index (χ0v) is 16.4. The molecule has 0 unspecified atom stereocenters. The van der Waals surface area contributed by atoms with Gasteiger partial charge in [-0.2, -0.15) is 0 Å². The summed E-state index contributed by atoms with van der Waals surface area (Å²) in [6, 6.07) is 10.2. The van der Waals surface area contributed by atoms with Gasteiger partial charge in [0.2, 0.25) is 11.8 Å². The first-order chi connectivity index (χ1) is 13.7. The summed E-state index contributed by atoms with van der Waals surface area (Å²) in [6.45, 7) is 4.80. The Labute approximate surface area is 166 Å². The number of aryl methyl sites for hydroxylation is 1. The largest absolute Gasteiger partial charge is 0.486 e. The van der Waals surface area contributed by atoms with E-state index < -0.39 is 0 Å². The van der Waals surface area contributed by atoms with Gasteiger partial charge in [0.25, 0.3) is 0 Å². The fourth-order valence-electron chi connectivity index (χ4n) is 2.99. The van der Waals surface area contributed by atoms with Crippen LogP contribution >= 0.6 is 11.3 Å². The standard InChI is InChI=1S/C19H21N5O3S/c1-14-21-22-19(27-14)24-9-7-23(8-10-24)18(25)11-15-13-28-17(20-15)12-26-16-5-3-2-4-6-16/h2-6,13H,7-12H2,1H3. The number of benzene rings is 1. The Morgan fingerprint density at radius 3 is 2.68 bits per heavy atom. The van der Waals surface area contributed by atoms with E-state index in [1.54, 1.807) is 6.92 Å². The molecule has 1 aliphatic rings. The normalized spacial score (nSPS) is 14.3. The van der Waals surface area contributed by atoms with Crippen LogP contribution < -0.4 is 9.64 Å². The molecular weight excluding hydrogens is 378 g/mol. The fourth-order valence-corrected chi connectivity index (χ4v) is 3.69. The average Bonchev–Trinajstić information content (AvgIpc) is 3.36. The lowest BCUT2D eigenvalue weighted by molar-refractivity contribution is -0.130. The van der Waals surface area contributed by atoms with Gasteiger partial charge in [0.15, 0.2) is 0 Å². The van der Waals surface area contributed by atoms with Crippen LogP contribution in [0.15, 0.2) is 40.1 Å². The molecule has 146 valence electrons. The summed E-state index contributed by atoms with van der Waals surface area (Å²) in [5.41, 5.74) is 0.789. The van der Waals surface area contributed by atoms with Crippen molar-refractivity contribution < 1.29 is 13.9 Å². The molecule has 2 aromatic heterocycles. The van der Waals surface area contributed by atoms with Gasteiger partial charge in [0.1, 0.15) is 17.4 Å². The van der Waals surface area contributed by atoms with Gasteiger partial charge < -0.3 is 19.0 Å². The van der Waals surface area contributed by atoms with Gasteiger partial charge in [-0.1, -0.05) is 23.3 Å². The van der Waals surface area contributed by atoms with Crippen molar-refractivity contribution in [2.45, 2.75) is 20.0 Å². The average molecular weight is 399 g/mol. The van der Waals surface area contributed by atoms with Crippen molar-refractivity contribution in [2.75, 3.05) is 31.1 Å². The lowest BCUT2D eigenvalue weighted by Crippen LogP contribution is -2.49. The highest BCUT2D eigenvalue weighted by Gasteiger charge is 2.24. The van der Waals surface area contributed by atoms with Gasteiger partial charge in [0.05, 0.1) is 12.1 Å². The monoisotopic (exact) mass is 399 g/mol. The van der Waals surface area contributed by atoms with Crippen LogP contribution in [0.2, 0.25) is 0 Å². The van der Waals surface area contributed by atoms with Gasteiger partial charge in [-0.25, -0.2) is 4.98 Å². The molecule has 1 amide bonds. The maximum absolute atomic E-state index is 12.6. The van der Waals surface area contributed by atoms with Crippen LogP contribution in [0.3, 0.4) is 0 Å². The summed E-state index contributed by atoms with van der Waals surface area (Å²) >= 11 is 1.51. The minimum Gasteiger partial charge on any atom is -0.486 e. The first kappa shape index (κ1) is 18.4. The van der Waals surface area contributed by atoms with E-state index in [1.807, 2.05) is 45.5 Å². The molecule has 0 bridgehead atoms. The predicted molar refractivity (Wildman–Crippen MR) is 104 cm³/mol. The molecule has 3 aromatic rings. The lowest BCUT2D eigenvalue weighted by atomic mass is 10.2. The first-order valence-electron chi connectivity index (χ1n) is 9.11. The Morgan fingerprint density at radius 2 is 1.96 bits per heavy atom. The molecule has 1 aliphatic heterocycles. The lowest BCUT2D eigenvalue weighted by Gasteiger charge is -2.33. The molecule has 28 heavy (non-hydrogen) atoms. The Morgan fingerprint density at radius 1 is 1.18 bits per heavy atom. The quantitative estimate of drug-likeness (QED) is 0.629. The molecule has 0 saturated carbocycles. The number of ether oxygens (including phenoxy) is 1. The van der Waals surface area contributed by atoms with Crippen molar-refractivity contribution >= 4 is 23.3 Å². The number of para-hydroxylation sites is 1. The number of carbonyl (C=O) groups is 1. The molecule has 0 radical (unpaired) electrons. The number of piperazine rings is 1. The molecule has 8 nitrogen and oxygen atoms in total. The summed E-state index contributed by atoms with van der Waals surface area (Å²) < 4.78 is 11.2. The van der Waals surface area contributed by atoms with E-state index in [0.717, 1.165) is 16.5 Å². The van der Waals surface area contributed by atoms with Gasteiger partial charge in [-0.15, -0.1) is 16.4 Å². The topological polar surface area (TPSA) is 84.6 Å². The Hall–Kier alpha value is -2.94. The highest BCUT2D eigenvalue weighted by atomic mass is 32.1. The van der Waals surface area contributed by atoms with E-state index in [0.29, 0.717) is 51.1 Å². The Bertz CT molecular complexity index is 919. The van der Waals surface area contributed by atoms with Crippen molar-refractivity contribution in [3.05, 3.63) is 52.3 Å². The summed E-state index contributed by atoms with van der Waals surface area (Å²) in [5, 5.41) is 10.7. The number of anilines is 1. The van der Waals surface area contributed by atoms with Crippen LogP contribution in [0.5, 0.6) is 5.75 Å². The van der Waals surface area contributed by atoms with E-state index in [4.69, 9.17) is 9.15 Å². The molecule has 1 fully saturated rings. The van der Waals surface area contributed by atoms with E-state index in [9.17, 15) is 4.79 Å². The molecule has 1 aromatic carbocycles. The number of hydrogen-bond donors (Lipinski definition) is 0. The zero-order chi connectivity index (χ0) is 19.3. The summed E-state index contributed by atoms with van der Waals surface area (Å²) in [5.74, 6) is 1.44. The molecular formula is C19H21N5O3S. The third-order valence-corrected chi connectivity index (χ3v) is 5.33. The summed E-state index contributed by atoms with van der Waals surface area (Å²) in [4.78, 5) is 21.0. The smallest absolute Gasteiger partial charge is 0.318 e. The number of amides is 1. The third kappa shape index (κ3) is 4.48. The Balaban J connectivity index is 1.26. The molecule has 9 heteroatoms. The number of rotatable bonds is 6. The number of carbonyl (C=O) groups excluding carboxylic acids is 1. The predicted octanol–water partition coefficient (Wildman–Crippen LogP) is 2.30. The molecule has 3 heterocycles. The van der Waals surface area contributed by atoms with Crippen LogP contribution in [-0.4, -0.2) is 52.2 Å². The SMILES string of the molecule is Cc1nnc(N2CCN(C(=O)Cc3csc(COc4ccccc4)n3)CC2)o1. The highest BCUT2D eigenvalue weighted by Crippen LogP contribution is 2.17. The molecule has 0 aliphatic carbocycles. The number of nitrogens with zero attached hydrogens (tertiary/aromatic N) is 5. The second-order valence-electron chi connectivity index (χ2n) is 6.48. The fraction of sp³-hybridized carbons (Fsp3) is 0.368. The van der Waals surface area contributed by atoms with Gasteiger partial charge in [-0.3, -0.25) is 4.79 Å². The minimum atomic E-state index is 0.0854. The van der Waals surface area contributed by atoms with E-state index in [1.165, 1.54) is 11.3 Å². The second-order valence-corrected chi connectivity index (χ2v) is 7.43. The summed E-state index contributed by atoms with van der Waals surface area (Å²) in [7, 11) is 0. The molecule has 1 saturated heterocycles. The second kappa shape index (κ2) is 8.39. The maximum Gasteiger partial charge on any atom is 0.318 e. The first-order valence-corrected chi connectivity index (χ1v) is 9.99. The van der Waals surface area contributed by atoms with Crippen molar-refractivity contribution in [2.24, 2.45) is 0 Å². The summed E-state index contributed by atoms with van der Waals surface area (Å²) in [6.07, 6.45) is 0.307. The maximum atomic E-state index is 12.6. The number of hydrogen-bond acceptors (Lipinski definition) is 8. The third-order valence-electron chi connectivity index (χ3n) is 4.46. The molecule has 4 rings (SSSR count). The Kier molecular flexibility index (Phi) is 5.52.